The van der Waals surface area contributed by atoms with E-state index in [1.165, 1.54) is 59.2 Å². The van der Waals surface area contributed by atoms with Crippen molar-refractivity contribution in [1.82, 2.24) is 0 Å². The van der Waals surface area contributed by atoms with Crippen molar-refractivity contribution in [2.75, 3.05) is 13.2 Å². The Kier molecular flexibility index (Phi) is 16.2. The van der Waals surface area contributed by atoms with Gasteiger partial charge in [-0.05, 0) is 73.0 Å². The second-order valence-electron chi connectivity index (χ2n) is 7.03. The molecule has 2 aliphatic carbocycles. The van der Waals surface area contributed by atoms with Crippen LogP contribution in [0.3, 0.4) is 0 Å². The van der Waals surface area contributed by atoms with Gasteiger partial charge in [0.05, 0.1) is 0 Å². The normalized spacial score (nSPS) is 23.5. The monoisotopic (exact) mass is 496 g/mol. The second-order valence-corrected chi connectivity index (χ2v) is 7.03. The Morgan fingerprint density at radius 1 is 0.385 bits per heavy atom. The third-order valence-corrected chi connectivity index (χ3v) is 6.03. The van der Waals surface area contributed by atoms with E-state index < -0.39 is 0 Å². The number of hydrogen-bond acceptors (Lipinski definition) is 1. The number of hydrogen-bond donors (Lipinski definition) is 0. The van der Waals surface area contributed by atoms with Gasteiger partial charge in [-0.1, -0.05) is 69.2 Å². The molecule has 0 N–H and O–H groups in total. The van der Waals surface area contributed by atoms with Crippen LogP contribution in [0.2, 0.25) is 0 Å². The molecule has 2 rings (SSSR count). The Bertz CT molecular complexity index is 223. The van der Waals surface area contributed by atoms with Crippen molar-refractivity contribution in [1.29, 1.82) is 0 Å². The van der Waals surface area contributed by atoms with Crippen LogP contribution in [0.25, 0.3) is 0 Å². The van der Waals surface area contributed by atoms with Gasteiger partial charge < -0.3 is 4.74 Å². The smallest absolute Gasteiger partial charge is 0.0437 e. The summed E-state index contributed by atoms with van der Waals surface area (Å²) >= 11 is 0. The van der Waals surface area contributed by atoms with Gasteiger partial charge in [-0.15, -0.1) is 0 Å². The Morgan fingerprint density at radius 3 is 0.538 bits per heavy atom. The molecule has 0 saturated heterocycles. The maximum Gasteiger partial charge on any atom is 0.0437 e. The van der Waals surface area contributed by atoms with E-state index >= 15 is 0 Å². The maximum atomic E-state index is 4.83. The zero-order valence-electron chi connectivity index (χ0n) is 19.2. The summed E-state index contributed by atoms with van der Waals surface area (Å²) in [5.74, 6) is 14.7. The first-order chi connectivity index (χ1) is 11.5. The van der Waals surface area contributed by atoms with Gasteiger partial charge in [0.2, 0.25) is 0 Å². The van der Waals surface area contributed by atoms with Crippen molar-refractivity contribution in [2.45, 2.75) is 83.1 Å². The molecular formula is C24H40OSm. The van der Waals surface area contributed by atoms with Crippen molar-refractivity contribution < 1.29 is 45.1 Å². The summed E-state index contributed by atoms with van der Waals surface area (Å²) in [6.07, 6.45) is 0. The van der Waals surface area contributed by atoms with Crippen LogP contribution in [0.15, 0.2) is 0 Å². The van der Waals surface area contributed by atoms with Crippen LogP contribution in [0.5, 0.6) is 0 Å². The van der Waals surface area contributed by atoms with Crippen LogP contribution in [-0.2, 0) is 4.74 Å². The summed E-state index contributed by atoms with van der Waals surface area (Å²) in [5, 5.41) is 0. The van der Waals surface area contributed by atoms with E-state index in [-0.39, 0.29) is 40.4 Å². The molecule has 2 fully saturated rings. The summed E-state index contributed by atoms with van der Waals surface area (Å²) < 4.78 is 4.83. The number of ether oxygens (including phenoxy) is 1. The van der Waals surface area contributed by atoms with Crippen LogP contribution < -0.4 is 0 Å². The minimum Gasteiger partial charge on any atom is -0.382 e. The van der Waals surface area contributed by atoms with Crippen molar-refractivity contribution in [3.63, 3.8) is 0 Å². The molecular weight excluding hydrogens is 455 g/mol. The Morgan fingerprint density at radius 2 is 0.500 bits per heavy atom. The Labute approximate surface area is 199 Å². The van der Waals surface area contributed by atoms with E-state index in [0.717, 1.165) is 13.2 Å². The molecule has 0 aromatic carbocycles. The fraction of sp³-hybridized carbons (Fsp3) is 0.583. The van der Waals surface area contributed by atoms with Crippen molar-refractivity contribution in [2.24, 2.45) is 0 Å². The quantitative estimate of drug-likeness (QED) is 0.402. The molecule has 2 heteroatoms. The summed E-state index contributed by atoms with van der Waals surface area (Å²) in [5.41, 5.74) is 0. The van der Waals surface area contributed by atoms with E-state index in [4.69, 9.17) is 4.74 Å². The first kappa shape index (κ1) is 29.5. The van der Waals surface area contributed by atoms with Gasteiger partial charge in [-0.2, -0.15) is 0 Å². The zero-order chi connectivity index (χ0) is 19.9. The van der Waals surface area contributed by atoms with Crippen LogP contribution in [0.4, 0.5) is 0 Å². The maximum absolute atomic E-state index is 4.83. The van der Waals surface area contributed by atoms with E-state index in [9.17, 15) is 0 Å². The topological polar surface area (TPSA) is 9.23 Å². The van der Waals surface area contributed by atoms with Crippen LogP contribution >= 0.6 is 0 Å². The standard InChI is InChI=1S/2C10H15.C4H10O.Sm/c2*1-6-7(2)9(4)10(5)8(6)3;1-3-5-4-2;/h2*1-5H3;3-4H2,1-2H3;. The van der Waals surface area contributed by atoms with Crippen LogP contribution in [0.1, 0.15) is 83.1 Å². The molecule has 0 aromatic heterocycles. The fourth-order valence-electron chi connectivity index (χ4n) is 3.02. The molecule has 0 aromatic rings. The van der Waals surface area contributed by atoms with Gasteiger partial charge in [-0.25, -0.2) is 0 Å². The average molecular weight is 495 g/mol. The first-order valence-corrected chi connectivity index (χ1v) is 9.49. The second kappa shape index (κ2) is 14.3. The summed E-state index contributed by atoms with van der Waals surface area (Å²) in [7, 11) is 0. The molecule has 10 radical (unpaired) electrons. The van der Waals surface area contributed by atoms with Crippen molar-refractivity contribution in [3.05, 3.63) is 59.2 Å². The molecule has 0 aliphatic heterocycles. The molecule has 0 spiro atoms. The average Bonchev–Trinajstić information content (AvgIpc) is 2.87. The van der Waals surface area contributed by atoms with Crippen LogP contribution in [0, 0.1) is 99.6 Å². The summed E-state index contributed by atoms with van der Waals surface area (Å²) in [4.78, 5) is 0. The minimum atomic E-state index is 0. The Balaban J connectivity index is 0. The van der Waals surface area contributed by atoms with Crippen molar-refractivity contribution in [3.8, 4) is 0 Å². The van der Waals surface area contributed by atoms with Gasteiger partial charge in [0.25, 0.3) is 0 Å². The van der Waals surface area contributed by atoms with E-state index in [2.05, 4.69) is 69.2 Å². The predicted octanol–water partition coefficient (Wildman–Crippen LogP) is 6.99. The van der Waals surface area contributed by atoms with Gasteiger partial charge in [-0.3, -0.25) is 0 Å². The van der Waals surface area contributed by atoms with Gasteiger partial charge in [0, 0.05) is 53.6 Å². The zero-order valence-corrected chi connectivity index (χ0v) is 21.9. The molecule has 148 valence electrons. The van der Waals surface area contributed by atoms with Gasteiger partial charge in [0.15, 0.2) is 0 Å². The summed E-state index contributed by atoms with van der Waals surface area (Å²) in [6, 6.07) is 0. The molecule has 0 heterocycles. The van der Waals surface area contributed by atoms with Gasteiger partial charge in [0.1, 0.15) is 0 Å². The van der Waals surface area contributed by atoms with E-state index in [1.54, 1.807) is 0 Å². The third-order valence-electron chi connectivity index (χ3n) is 6.03. The SMILES string of the molecule is CCOCC.C[C]1[C](C)[C](C)[C](C)[C]1C.C[C]1[C](C)[C](C)[C](C)[C]1C.[Sm]. The molecule has 2 saturated carbocycles. The first-order valence-electron chi connectivity index (χ1n) is 9.49. The summed E-state index contributed by atoms with van der Waals surface area (Å²) in [6.45, 7) is 27.7. The minimum absolute atomic E-state index is 0. The third kappa shape index (κ3) is 7.97. The number of rotatable bonds is 2. The molecule has 26 heavy (non-hydrogen) atoms. The Hall–Kier alpha value is 1.30. The molecule has 1 nitrogen and oxygen atoms in total. The molecule has 0 amide bonds. The predicted molar refractivity (Wildman–Crippen MR) is 111 cm³/mol. The van der Waals surface area contributed by atoms with Crippen LogP contribution in [-0.4, -0.2) is 13.2 Å². The van der Waals surface area contributed by atoms with Crippen molar-refractivity contribution >= 4 is 0 Å². The largest absolute Gasteiger partial charge is 0.382 e. The van der Waals surface area contributed by atoms with E-state index in [1.807, 2.05) is 13.8 Å². The van der Waals surface area contributed by atoms with E-state index in [0.29, 0.717) is 0 Å². The molecule has 0 bridgehead atoms. The molecule has 2 aliphatic rings. The molecule has 0 atom stereocenters. The van der Waals surface area contributed by atoms with Gasteiger partial charge >= 0.3 is 0 Å². The fourth-order valence-corrected chi connectivity index (χ4v) is 3.02. The molecule has 0 unspecified atom stereocenters.